The number of aromatic nitrogens is 2. The van der Waals surface area contributed by atoms with E-state index in [1.165, 1.54) is 19.4 Å². The Morgan fingerprint density at radius 2 is 2.27 bits per heavy atom. The molecular formula is C11H18N4. The molecule has 4 nitrogen and oxygen atoms in total. The smallest absolute Gasteiger partial charge is 0.115 e. The predicted octanol–water partition coefficient (Wildman–Crippen LogP) is 0.660. The van der Waals surface area contributed by atoms with E-state index in [0.29, 0.717) is 6.04 Å². The molecule has 0 radical (unpaired) electrons. The monoisotopic (exact) mass is 206 g/mol. The number of nitrogens with one attached hydrogen (secondary N) is 1. The van der Waals surface area contributed by atoms with Gasteiger partial charge in [0.2, 0.25) is 0 Å². The van der Waals surface area contributed by atoms with E-state index in [2.05, 4.69) is 27.2 Å². The Balaban J connectivity index is 1.71. The summed E-state index contributed by atoms with van der Waals surface area (Å²) in [6, 6.07) is 0.703. The fourth-order valence-electron chi connectivity index (χ4n) is 2.04. The van der Waals surface area contributed by atoms with Gasteiger partial charge >= 0.3 is 0 Å². The number of rotatable bonds is 4. The van der Waals surface area contributed by atoms with Gasteiger partial charge in [0.1, 0.15) is 6.33 Å². The van der Waals surface area contributed by atoms with Gasteiger partial charge in [0.05, 0.1) is 0 Å². The van der Waals surface area contributed by atoms with Crippen LogP contribution in [0.15, 0.2) is 18.7 Å². The van der Waals surface area contributed by atoms with Crippen LogP contribution in [-0.4, -0.2) is 41.0 Å². The van der Waals surface area contributed by atoms with Gasteiger partial charge in [-0.25, -0.2) is 9.97 Å². The lowest BCUT2D eigenvalue weighted by atomic mass is 10.2. The first-order valence-corrected chi connectivity index (χ1v) is 5.51. The van der Waals surface area contributed by atoms with Gasteiger partial charge in [-0.1, -0.05) is 0 Å². The molecule has 1 fully saturated rings. The zero-order valence-electron chi connectivity index (χ0n) is 9.19. The summed E-state index contributed by atoms with van der Waals surface area (Å²) in [6.07, 6.45) is 7.93. The van der Waals surface area contributed by atoms with Crippen LogP contribution in [-0.2, 0) is 6.54 Å². The second-order valence-corrected chi connectivity index (χ2v) is 4.15. The zero-order chi connectivity index (χ0) is 10.5. The average molecular weight is 206 g/mol. The van der Waals surface area contributed by atoms with E-state index in [4.69, 9.17) is 0 Å². The lowest BCUT2D eigenvalue weighted by molar-refractivity contribution is 0.300. The fourth-order valence-corrected chi connectivity index (χ4v) is 2.04. The molecule has 0 amide bonds. The van der Waals surface area contributed by atoms with E-state index < -0.39 is 0 Å². The van der Waals surface area contributed by atoms with Crippen molar-refractivity contribution in [3.8, 4) is 0 Å². The van der Waals surface area contributed by atoms with E-state index in [9.17, 15) is 0 Å². The van der Waals surface area contributed by atoms with E-state index in [1.54, 1.807) is 6.33 Å². The first-order valence-electron chi connectivity index (χ1n) is 5.51. The molecule has 4 heteroatoms. The summed E-state index contributed by atoms with van der Waals surface area (Å²) in [4.78, 5) is 10.4. The van der Waals surface area contributed by atoms with Crippen molar-refractivity contribution in [2.24, 2.45) is 0 Å². The van der Waals surface area contributed by atoms with Crippen LogP contribution in [0.2, 0.25) is 0 Å². The maximum atomic E-state index is 3.99. The number of hydrogen-bond donors (Lipinski definition) is 1. The molecule has 1 aliphatic rings. The van der Waals surface area contributed by atoms with Gasteiger partial charge in [-0.15, -0.1) is 0 Å². The van der Waals surface area contributed by atoms with Gasteiger partial charge in [-0.05, 0) is 26.4 Å². The lowest BCUT2D eigenvalue weighted by Crippen LogP contribution is -2.35. The highest BCUT2D eigenvalue weighted by Gasteiger charge is 2.19. The van der Waals surface area contributed by atoms with E-state index >= 15 is 0 Å². The Morgan fingerprint density at radius 3 is 2.93 bits per heavy atom. The Morgan fingerprint density at radius 1 is 1.47 bits per heavy atom. The standard InChI is InChI=1S/C11H18N4/c1-15-4-2-3-11(15)8-12-5-10-6-13-9-14-7-10/h6-7,9,11-12H,2-5,8H2,1H3. The van der Waals surface area contributed by atoms with Gasteiger partial charge < -0.3 is 10.2 Å². The Kier molecular flexibility index (Phi) is 3.64. The third-order valence-electron chi connectivity index (χ3n) is 2.99. The highest BCUT2D eigenvalue weighted by atomic mass is 15.2. The largest absolute Gasteiger partial charge is 0.311 e. The maximum absolute atomic E-state index is 3.99. The van der Waals surface area contributed by atoms with Gasteiger partial charge in [0.15, 0.2) is 0 Å². The second kappa shape index (κ2) is 5.19. The molecule has 1 unspecified atom stereocenters. The molecule has 1 saturated heterocycles. The van der Waals surface area contributed by atoms with Crippen LogP contribution in [0, 0.1) is 0 Å². The first-order chi connectivity index (χ1) is 7.36. The molecule has 0 spiro atoms. The van der Waals surface area contributed by atoms with Crippen LogP contribution in [0.1, 0.15) is 18.4 Å². The minimum absolute atomic E-state index is 0.703. The van der Waals surface area contributed by atoms with E-state index in [-0.39, 0.29) is 0 Å². The average Bonchev–Trinajstić information content (AvgIpc) is 2.66. The lowest BCUT2D eigenvalue weighted by Gasteiger charge is -2.19. The molecule has 1 aromatic heterocycles. The summed E-state index contributed by atoms with van der Waals surface area (Å²) in [5.41, 5.74) is 1.15. The first kappa shape index (κ1) is 10.5. The summed E-state index contributed by atoms with van der Waals surface area (Å²) >= 11 is 0. The molecule has 1 N–H and O–H groups in total. The van der Waals surface area contributed by atoms with Crippen LogP contribution in [0.5, 0.6) is 0 Å². The minimum Gasteiger partial charge on any atom is -0.311 e. The van der Waals surface area contributed by atoms with Crippen molar-refractivity contribution in [3.63, 3.8) is 0 Å². The summed E-state index contributed by atoms with van der Waals surface area (Å²) in [7, 11) is 2.20. The molecule has 1 atom stereocenters. The van der Waals surface area contributed by atoms with Gasteiger partial charge in [-0.3, -0.25) is 0 Å². The summed E-state index contributed by atoms with van der Waals surface area (Å²) in [6.45, 7) is 3.16. The molecule has 0 saturated carbocycles. The second-order valence-electron chi connectivity index (χ2n) is 4.15. The van der Waals surface area contributed by atoms with Crippen molar-refractivity contribution in [1.82, 2.24) is 20.2 Å². The van der Waals surface area contributed by atoms with Crippen molar-refractivity contribution in [2.45, 2.75) is 25.4 Å². The minimum atomic E-state index is 0.703. The van der Waals surface area contributed by atoms with Crippen molar-refractivity contribution in [2.75, 3.05) is 20.1 Å². The third kappa shape index (κ3) is 2.97. The number of likely N-dealkylation sites (tertiary alicyclic amines) is 1. The molecule has 2 heterocycles. The highest BCUT2D eigenvalue weighted by Crippen LogP contribution is 2.13. The maximum Gasteiger partial charge on any atom is 0.115 e. The zero-order valence-corrected chi connectivity index (χ0v) is 9.19. The third-order valence-corrected chi connectivity index (χ3v) is 2.99. The van der Waals surface area contributed by atoms with Gasteiger partial charge in [-0.2, -0.15) is 0 Å². The Bertz CT molecular complexity index is 288. The van der Waals surface area contributed by atoms with Crippen molar-refractivity contribution in [1.29, 1.82) is 0 Å². The highest BCUT2D eigenvalue weighted by molar-refractivity contribution is 5.01. The quantitative estimate of drug-likeness (QED) is 0.786. The number of likely N-dealkylation sites (N-methyl/N-ethyl adjacent to an activating group) is 1. The van der Waals surface area contributed by atoms with E-state index in [0.717, 1.165) is 18.7 Å². The van der Waals surface area contributed by atoms with E-state index in [1.807, 2.05) is 12.4 Å². The normalized spacial score (nSPS) is 22.1. The molecule has 15 heavy (non-hydrogen) atoms. The Hall–Kier alpha value is -1.00. The van der Waals surface area contributed by atoms with Gasteiger partial charge in [0.25, 0.3) is 0 Å². The SMILES string of the molecule is CN1CCCC1CNCc1cncnc1. The van der Waals surface area contributed by atoms with Crippen molar-refractivity contribution >= 4 is 0 Å². The summed E-state index contributed by atoms with van der Waals surface area (Å²) in [5, 5.41) is 3.45. The van der Waals surface area contributed by atoms with Crippen LogP contribution < -0.4 is 5.32 Å². The molecule has 2 rings (SSSR count). The number of nitrogens with zero attached hydrogens (tertiary/aromatic N) is 3. The topological polar surface area (TPSA) is 41.0 Å². The van der Waals surface area contributed by atoms with Crippen molar-refractivity contribution < 1.29 is 0 Å². The molecule has 0 bridgehead atoms. The van der Waals surface area contributed by atoms with Crippen LogP contribution in [0.3, 0.4) is 0 Å². The van der Waals surface area contributed by atoms with Crippen LogP contribution >= 0.6 is 0 Å². The molecular weight excluding hydrogens is 188 g/mol. The predicted molar refractivity (Wildman–Crippen MR) is 59.4 cm³/mol. The van der Waals surface area contributed by atoms with Gasteiger partial charge in [0, 0.05) is 37.1 Å². The van der Waals surface area contributed by atoms with Crippen LogP contribution in [0.4, 0.5) is 0 Å². The Labute approximate surface area is 90.7 Å². The van der Waals surface area contributed by atoms with Crippen molar-refractivity contribution in [3.05, 3.63) is 24.3 Å². The molecule has 0 aliphatic carbocycles. The molecule has 1 aromatic rings. The summed E-state index contributed by atoms with van der Waals surface area (Å²) < 4.78 is 0. The molecule has 82 valence electrons. The van der Waals surface area contributed by atoms with Crippen LogP contribution in [0.25, 0.3) is 0 Å². The number of hydrogen-bond acceptors (Lipinski definition) is 4. The summed E-state index contributed by atoms with van der Waals surface area (Å²) in [5.74, 6) is 0. The fraction of sp³-hybridized carbons (Fsp3) is 0.636. The molecule has 1 aliphatic heterocycles. The molecule has 0 aromatic carbocycles.